The number of nitrogens with zero attached hydrogens (tertiary/aromatic N) is 3. The summed E-state index contributed by atoms with van der Waals surface area (Å²) in [4.78, 5) is 34.4. The van der Waals surface area contributed by atoms with Gasteiger partial charge in [-0.2, -0.15) is 0 Å². The molecule has 1 saturated carbocycles. The fraction of sp³-hybridized carbons (Fsp3) is 0.320. The lowest BCUT2D eigenvalue weighted by Crippen LogP contribution is -2.51. The Balaban J connectivity index is 1.44. The van der Waals surface area contributed by atoms with E-state index in [-0.39, 0.29) is 17.7 Å². The van der Waals surface area contributed by atoms with Gasteiger partial charge in [0.2, 0.25) is 5.91 Å². The Hall–Kier alpha value is -3.21. The van der Waals surface area contributed by atoms with Crippen LogP contribution in [-0.2, 0) is 4.79 Å². The molecule has 1 aliphatic carbocycles. The first-order chi connectivity index (χ1) is 14.6. The predicted octanol–water partition coefficient (Wildman–Crippen LogP) is 3.90. The first kappa shape index (κ1) is 18.8. The van der Waals surface area contributed by atoms with E-state index in [0.717, 1.165) is 35.0 Å². The van der Waals surface area contributed by atoms with Crippen LogP contribution in [0.3, 0.4) is 0 Å². The second-order valence-electron chi connectivity index (χ2n) is 8.33. The molecule has 152 valence electrons. The van der Waals surface area contributed by atoms with Crippen molar-refractivity contribution in [3.05, 3.63) is 65.7 Å². The van der Waals surface area contributed by atoms with Gasteiger partial charge in [-0.15, -0.1) is 0 Å². The Bertz CT molecular complexity index is 1110. The van der Waals surface area contributed by atoms with Crippen molar-refractivity contribution in [1.29, 1.82) is 0 Å². The van der Waals surface area contributed by atoms with Crippen molar-refractivity contribution >= 4 is 22.7 Å². The largest absolute Gasteiger partial charge is 0.339 e. The van der Waals surface area contributed by atoms with Gasteiger partial charge in [-0.05, 0) is 31.9 Å². The zero-order valence-electron chi connectivity index (χ0n) is 17.2. The number of benzene rings is 2. The lowest BCUT2D eigenvalue weighted by Gasteiger charge is -2.35. The van der Waals surface area contributed by atoms with Crippen LogP contribution in [0, 0.1) is 12.8 Å². The lowest BCUT2D eigenvalue weighted by molar-refractivity contribution is -0.134. The van der Waals surface area contributed by atoms with Crippen molar-refractivity contribution in [3.63, 3.8) is 0 Å². The number of fused-ring (bicyclic) bond motifs is 1. The summed E-state index contributed by atoms with van der Waals surface area (Å²) in [5.74, 6) is 0.507. The van der Waals surface area contributed by atoms with Gasteiger partial charge in [0.25, 0.3) is 5.91 Å². The van der Waals surface area contributed by atoms with E-state index in [1.54, 1.807) is 0 Å². The summed E-state index contributed by atoms with van der Waals surface area (Å²) < 4.78 is 0. The number of rotatable bonds is 3. The molecule has 30 heavy (non-hydrogen) atoms. The van der Waals surface area contributed by atoms with Crippen LogP contribution < -0.4 is 0 Å². The number of carbonyl (C=O) groups is 2. The van der Waals surface area contributed by atoms with E-state index >= 15 is 0 Å². The predicted molar refractivity (Wildman–Crippen MR) is 117 cm³/mol. The Kier molecular flexibility index (Phi) is 4.74. The molecule has 5 nitrogen and oxygen atoms in total. The Labute approximate surface area is 176 Å². The highest BCUT2D eigenvalue weighted by molar-refractivity contribution is 6.07. The molecular weight excluding hydrogens is 374 g/mol. The van der Waals surface area contributed by atoms with E-state index in [0.29, 0.717) is 31.7 Å². The van der Waals surface area contributed by atoms with E-state index in [9.17, 15) is 9.59 Å². The number of para-hydroxylation sites is 1. The number of hydrogen-bond acceptors (Lipinski definition) is 3. The normalized spacial score (nSPS) is 16.7. The molecule has 0 radical (unpaired) electrons. The van der Waals surface area contributed by atoms with Gasteiger partial charge >= 0.3 is 0 Å². The average molecular weight is 399 g/mol. The number of hydrogen-bond donors (Lipinski definition) is 0. The highest BCUT2D eigenvalue weighted by Crippen LogP contribution is 2.31. The third-order valence-electron chi connectivity index (χ3n) is 6.10. The fourth-order valence-electron chi connectivity index (χ4n) is 4.11. The number of carbonyl (C=O) groups excluding carboxylic acids is 2. The second kappa shape index (κ2) is 7.56. The third-order valence-corrected chi connectivity index (χ3v) is 6.10. The number of aromatic nitrogens is 1. The van der Waals surface area contributed by atoms with Crippen molar-refractivity contribution in [1.82, 2.24) is 14.8 Å². The molecule has 2 aromatic carbocycles. The van der Waals surface area contributed by atoms with Gasteiger partial charge in [0.1, 0.15) is 0 Å². The summed E-state index contributed by atoms with van der Waals surface area (Å²) in [6, 6.07) is 17.9. The van der Waals surface area contributed by atoms with E-state index in [1.165, 1.54) is 5.56 Å². The molecular formula is C25H25N3O2. The molecule has 2 heterocycles. The van der Waals surface area contributed by atoms with Crippen LogP contribution in [0.2, 0.25) is 0 Å². The molecule has 5 heteroatoms. The van der Waals surface area contributed by atoms with Crippen molar-refractivity contribution in [2.24, 2.45) is 5.92 Å². The first-order valence-electron chi connectivity index (χ1n) is 10.6. The topological polar surface area (TPSA) is 53.5 Å². The van der Waals surface area contributed by atoms with Crippen LogP contribution in [0.15, 0.2) is 54.6 Å². The quantitative estimate of drug-likeness (QED) is 0.671. The molecule has 0 atom stereocenters. The summed E-state index contributed by atoms with van der Waals surface area (Å²) in [7, 11) is 0. The summed E-state index contributed by atoms with van der Waals surface area (Å²) >= 11 is 0. The van der Waals surface area contributed by atoms with E-state index in [4.69, 9.17) is 4.98 Å². The zero-order chi connectivity index (χ0) is 20.7. The minimum atomic E-state index is 0.0143. The molecule has 2 fully saturated rings. The summed E-state index contributed by atoms with van der Waals surface area (Å²) in [6.45, 7) is 4.45. The van der Waals surface area contributed by atoms with Gasteiger partial charge < -0.3 is 9.80 Å². The van der Waals surface area contributed by atoms with Crippen LogP contribution in [0.1, 0.15) is 28.8 Å². The van der Waals surface area contributed by atoms with Crippen LogP contribution in [-0.4, -0.2) is 52.8 Å². The number of amides is 2. The second-order valence-corrected chi connectivity index (χ2v) is 8.33. The van der Waals surface area contributed by atoms with Gasteiger partial charge in [-0.1, -0.05) is 48.0 Å². The van der Waals surface area contributed by atoms with Crippen LogP contribution in [0.4, 0.5) is 0 Å². The third kappa shape index (κ3) is 3.56. The summed E-state index contributed by atoms with van der Waals surface area (Å²) in [5.41, 5.74) is 4.49. The van der Waals surface area contributed by atoms with Gasteiger partial charge in [-0.3, -0.25) is 9.59 Å². The lowest BCUT2D eigenvalue weighted by atomic mass is 10.0. The Morgan fingerprint density at radius 1 is 0.900 bits per heavy atom. The highest BCUT2D eigenvalue weighted by atomic mass is 16.2. The number of piperazine rings is 1. The Morgan fingerprint density at radius 2 is 1.57 bits per heavy atom. The van der Waals surface area contributed by atoms with Gasteiger partial charge in [0.05, 0.1) is 16.8 Å². The monoisotopic (exact) mass is 399 g/mol. The van der Waals surface area contributed by atoms with Gasteiger partial charge in [0.15, 0.2) is 0 Å². The number of pyridine rings is 1. The molecule has 0 bridgehead atoms. The summed E-state index contributed by atoms with van der Waals surface area (Å²) in [6.07, 6.45) is 2.03. The molecule has 0 spiro atoms. The van der Waals surface area contributed by atoms with Gasteiger partial charge in [0, 0.05) is 43.0 Å². The highest BCUT2D eigenvalue weighted by Gasteiger charge is 2.35. The molecule has 2 aliphatic rings. The van der Waals surface area contributed by atoms with Crippen LogP contribution >= 0.6 is 0 Å². The molecule has 1 saturated heterocycles. The minimum Gasteiger partial charge on any atom is -0.339 e. The average Bonchev–Trinajstić information content (AvgIpc) is 3.63. The van der Waals surface area contributed by atoms with Crippen molar-refractivity contribution in [3.8, 4) is 11.3 Å². The van der Waals surface area contributed by atoms with Crippen molar-refractivity contribution in [2.75, 3.05) is 26.2 Å². The summed E-state index contributed by atoms with van der Waals surface area (Å²) in [5, 5.41) is 0.870. The molecule has 0 N–H and O–H groups in total. The fourth-order valence-corrected chi connectivity index (χ4v) is 4.11. The van der Waals surface area contributed by atoms with Crippen molar-refractivity contribution in [2.45, 2.75) is 19.8 Å². The standard InChI is InChI=1S/C25H25N3O2/c1-17-6-8-18(9-7-17)23-16-21(20-4-2-3-5-22(20)26-23)25(30)28-14-12-27(13-15-28)24(29)19-10-11-19/h2-9,16,19H,10-15H2,1H3. The molecule has 3 aromatic rings. The smallest absolute Gasteiger partial charge is 0.254 e. The molecule has 0 unspecified atom stereocenters. The van der Waals surface area contributed by atoms with E-state index in [2.05, 4.69) is 19.1 Å². The van der Waals surface area contributed by atoms with Crippen molar-refractivity contribution < 1.29 is 9.59 Å². The molecule has 1 aliphatic heterocycles. The van der Waals surface area contributed by atoms with Gasteiger partial charge in [-0.25, -0.2) is 4.98 Å². The number of aryl methyl sites for hydroxylation is 1. The Morgan fingerprint density at radius 3 is 2.27 bits per heavy atom. The first-order valence-corrected chi connectivity index (χ1v) is 10.6. The maximum atomic E-state index is 13.5. The van der Waals surface area contributed by atoms with Crippen LogP contribution in [0.25, 0.3) is 22.2 Å². The molecule has 2 amide bonds. The minimum absolute atomic E-state index is 0.0143. The maximum absolute atomic E-state index is 13.5. The van der Waals surface area contributed by atoms with E-state index in [1.807, 2.05) is 52.3 Å². The van der Waals surface area contributed by atoms with Crippen LogP contribution in [0.5, 0.6) is 0 Å². The SMILES string of the molecule is Cc1ccc(-c2cc(C(=O)N3CCN(C(=O)C4CC4)CC3)c3ccccc3n2)cc1. The maximum Gasteiger partial charge on any atom is 0.254 e. The molecule has 1 aromatic heterocycles. The molecule has 5 rings (SSSR count). The zero-order valence-corrected chi connectivity index (χ0v) is 17.2. The van der Waals surface area contributed by atoms with E-state index < -0.39 is 0 Å².